The fourth-order valence-corrected chi connectivity index (χ4v) is 4.24. The molecule has 0 saturated heterocycles. The van der Waals surface area contributed by atoms with Crippen LogP contribution in [0.25, 0.3) is 11.1 Å². The van der Waals surface area contributed by atoms with Gasteiger partial charge in [-0.3, -0.25) is 9.69 Å². The van der Waals surface area contributed by atoms with E-state index in [0.717, 1.165) is 46.5 Å². The summed E-state index contributed by atoms with van der Waals surface area (Å²) in [6.45, 7) is 3.32. The second kappa shape index (κ2) is 14.8. The highest BCUT2D eigenvalue weighted by molar-refractivity contribution is 5.92. The van der Waals surface area contributed by atoms with Gasteiger partial charge in [0.15, 0.2) is 0 Å². The summed E-state index contributed by atoms with van der Waals surface area (Å²) in [4.78, 5) is 25.4. The second-order valence-electron chi connectivity index (χ2n) is 9.51. The molecule has 3 aromatic carbocycles. The summed E-state index contributed by atoms with van der Waals surface area (Å²) in [5.41, 5.74) is 5.29. The SMILES string of the molecule is CCCCCCCNC(=O)N(C)c1cccc(-c2ccc(CCC(=O)O)cc2NCc2ccc(F)cc2)c1. The maximum Gasteiger partial charge on any atom is 0.321 e. The summed E-state index contributed by atoms with van der Waals surface area (Å²) >= 11 is 0. The number of anilines is 2. The second-order valence-corrected chi connectivity index (χ2v) is 9.51. The van der Waals surface area contributed by atoms with Crippen molar-refractivity contribution in [3.63, 3.8) is 0 Å². The van der Waals surface area contributed by atoms with Crippen LogP contribution in [0, 0.1) is 5.82 Å². The summed E-state index contributed by atoms with van der Waals surface area (Å²) in [6.07, 6.45) is 6.16. The Bertz CT molecular complexity index is 1200. The Morgan fingerprint density at radius 1 is 0.921 bits per heavy atom. The predicted molar refractivity (Wildman–Crippen MR) is 152 cm³/mol. The quantitative estimate of drug-likeness (QED) is 0.196. The van der Waals surface area contributed by atoms with Crippen LogP contribution in [0.1, 0.15) is 56.6 Å². The van der Waals surface area contributed by atoms with Crippen molar-refractivity contribution in [3.05, 3.63) is 83.7 Å². The molecule has 0 unspecified atom stereocenters. The molecule has 0 atom stereocenters. The summed E-state index contributed by atoms with van der Waals surface area (Å²) in [6, 6.07) is 19.8. The van der Waals surface area contributed by atoms with Gasteiger partial charge in [-0.2, -0.15) is 0 Å². The highest BCUT2D eigenvalue weighted by atomic mass is 19.1. The number of carbonyl (C=O) groups excluding carboxylic acids is 1. The number of carboxylic acid groups (broad SMARTS) is 1. The van der Waals surface area contributed by atoms with Crippen LogP contribution in [0.4, 0.5) is 20.6 Å². The summed E-state index contributed by atoms with van der Waals surface area (Å²) in [5, 5.41) is 15.5. The lowest BCUT2D eigenvalue weighted by Crippen LogP contribution is -2.37. The first kappa shape index (κ1) is 28.7. The van der Waals surface area contributed by atoms with Crippen molar-refractivity contribution in [1.82, 2.24) is 5.32 Å². The fourth-order valence-electron chi connectivity index (χ4n) is 4.24. The maximum absolute atomic E-state index is 13.3. The lowest BCUT2D eigenvalue weighted by Gasteiger charge is -2.20. The van der Waals surface area contributed by atoms with E-state index in [0.29, 0.717) is 19.5 Å². The number of rotatable bonds is 14. The van der Waals surface area contributed by atoms with Gasteiger partial charge in [-0.25, -0.2) is 9.18 Å². The van der Waals surface area contributed by atoms with Gasteiger partial charge in [0.25, 0.3) is 0 Å². The number of carbonyl (C=O) groups is 2. The average Bonchev–Trinajstić information content (AvgIpc) is 2.93. The van der Waals surface area contributed by atoms with E-state index in [1.165, 1.54) is 31.4 Å². The Labute approximate surface area is 224 Å². The summed E-state index contributed by atoms with van der Waals surface area (Å²) in [5.74, 6) is -1.13. The Kier molecular flexibility index (Phi) is 11.1. The van der Waals surface area contributed by atoms with Crippen molar-refractivity contribution in [2.45, 2.75) is 58.4 Å². The van der Waals surface area contributed by atoms with E-state index in [4.69, 9.17) is 5.11 Å². The maximum atomic E-state index is 13.3. The molecule has 202 valence electrons. The molecule has 2 amide bonds. The van der Waals surface area contributed by atoms with E-state index < -0.39 is 5.97 Å². The number of aryl methyl sites for hydroxylation is 1. The van der Waals surface area contributed by atoms with Crippen molar-refractivity contribution >= 4 is 23.4 Å². The van der Waals surface area contributed by atoms with Crippen LogP contribution in [0.15, 0.2) is 66.7 Å². The number of amides is 2. The van der Waals surface area contributed by atoms with E-state index in [1.807, 2.05) is 42.5 Å². The minimum absolute atomic E-state index is 0.0464. The first-order chi connectivity index (χ1) is 18.4. The van der Waals surface area contributed by atoms with Gasteiger partial charge < -0.3 is 15.7 Å². The molecule has 0 spiro atoms. The van der Waals surface area contributed by atoms with Gasteiger partial charge in [0.2, 0.25) is 0 Å². The smallest absolute Gasteiger partial charge is 0.321 e. The lowest BCUT2D eigenvalue weighted by atomic mass is 9.98. The van der Waals surface area contributed by atoms with Crippen LogP contribution in [-0.4, -0.2) is 30.7 Å². The highest BCUT2D eigenvalue weighted by Crippen LogP contribution is 2.32. The van der Waals surface area contributed by atoms with Gasteiger partial charge >= 0.3 is 12.0 Å². The van der Waals surface area contributed by atoms with Crippen molar-refractivity contribution in [2.24, 2.45) is 0 Å². The molecule has 0 heterocycles. The number of hydrogen-bond donors (Lipinski definition) is 3. The molecular weight excluding hydrogens is 481 g/mol. The van der Waals surface area contributed by atoms with E-state index >= 15 is 0 Å². The van der Waals surface area contributed by atoms with Crippen molar-refractivity contribution < 1.29 is 19.1 Å². The van der Waals surface area contributed by atoms with Crippen molar-refractivity contribution in [2.75, 3.05) is 23.8 Å². The summed E-state index contributed by atoms with van der Waals surface area (Å²) in [7, 11) is 1.76. The van der Waals surface area contributed by atoms with Crippen LogP contribution in [0.3, 0.4) is 0 Å². The number of urea groups is 1. The van der Waals surface area contributed by atoms with E-state index in [2.05, 4.69) is 17.6 Å². The zero-order valence-electron chi connectivity index (χ0n) is 22.3. The zero-order valence-corrected chi connectivity index (χ0v) is 22.3. The number of unbranched alkanes of at least 4 members (excludes halogenated alkanes) is 4. The third-order valence-corrected chi connectivity index (χ3v) is 6.51. The molecule has 7 heteroatoms. The Morgan fingerprint density at radius 2 is 1.66 bits per heavy atom. The van der Waals surface area contributed by atoms with Gasteiger partial charge in [0, 0.05) is 43.5 Å². The molecule has 0 bridgehead atoms. The Hall–Kier alpha value is -3.87. The molecule has 0 aliphatic heterocycles. The third-order valence-electron chi connectivity index (χ3n) is 6.51. The molecule has 0 radical (unpaired) electrons. The normalized spacial score (nSPS) is 10.7. The van der Waals surface area contributed by atoms with Gasteiger partial charge in [0.1, 0.15) is 5.82 Å². The van der Waals surface area contributed by atoms with Gasteiger partial charge in [-0.05, 0) is 59.9 Å². The lowest BCUT2D eigenvalue weighted by molar-refractivity contribution is -0.136. The third kappa shape index (κ3) is 8.91. The topological polar surface area (TPSA) is 81.7 Å². The molecule has 0 aromatic heterocycles. The van der Waals surface area contributed by atoms with E-state index in [9.17, 15) is 14.0 Å². The molecule has 0 saturated carbocycles. The number of nitrogens with one attached hydrogen (secondary N) is 2. The van der Waals surface area contributed by atoms with Crippen molar-refractivity contribution in [3.8, 4) is 11.1 Å². The Morgan fingerprint density at radius 3 is 2.39 bits per heavy atom. The molecule has 0 aliphatic rings. The largest absolute Gasteiger partial charge is 0.481 e. The van der Waals surface area contributed by atoms with E-state index in [-0.39, 0.29) is 18.3 Å². The molecule has 0 aliphatic carbocycles. The molecule has 3 N–H and O–H groups in total. The first-order valence-corrected chi connectivity index (χ1v) is 13.3. The first-order valence-electron chi connectivity index (χ1n) is 13.3. The number of aliphatic carboxylic acids is 1. The molecule has 6 nitrogen and oxygen atoms in total. The summed E-state index contributed by atoms with van der Waals surface area (Å²) < 4.78 is 13.3. The monoisotopic (exact) mass is 519 g/mol. The molecule has 0 fully saturated rings. The fraction of sp³-hybridized carbons (Fsp3) is 0.355. The van der Waals surface area contributed by atoms with Crippen LogP contribution < -0.4 is 15.5 Å². The van der Waals surface area contributed by atoms with E-state index in [1.54, 1.807) is 24.1 Å². The van der Waals surface area contributed by atoms with Crippen molar-refractivity contribution in [1.29, 1.82) is 0 Å². The molecule has 3 aromatic rings. The van der Waals surface area contributed by atoms with Crippen LogP contribution in [-0.2, 0) is 17.8 Å². The van der Waals surface area contributed by atoms with Gasteiger partial charge in [-0.15, -0.1) is 0 Å². The number of nitrogens with zero attached hydrogens (tertiary/aromatic N) is 1. The number of benzene rings is 3. The zero-order chi connectivity index (χ0) is 27.3. The number of halogens is 1. The standard InChI is InChI=1S/C31H38FN3O3/c1-3-4-5-6-7-19-33-31(38)35(2)27-10-8-9-25(21-27)28-17-13-23(14-18-30(36)37)20-29(28)34-22-24-11-15-26(32)16-12-24/h8-13,15-17,20-21,34H,3-7,14,18-19,22H2,1-2H3,(H,33,38)(H,36,37). The van der Waals surface area contributed by atoms with Gasteiger partial charge in [0.05, 0.1) is 0 Å². The van der Waals surface area contributed by atoms with Gasteiger partial charge in [-0.1, -0.05) is 69.0 Å². The minimum Gasteiger partial charge on any atom is -0.481 e. The molecule has 38 heavy (non-hydrogen) atoms. The number of carboxylic acids is 1. The van der Waals surface area contributed by atoms with Crippen LogP contribution >= 0.6 is 0 Å². The Balaban J connectivity index is 1.77. The van der Waals surface area contributed by atoms with Crippen LogP contribution in [0.5, 0.6) is 0 Å². The number of hydrogen-bond acceptors (Lipinski definition) is 3. The molecule has 3 rings (SSSR count). The van der Waals surface area contributed by atoms with Crippen LogP contribution in [0.2, 0.25) is 0 Å². The predicted octanol–water partition coefficient (Wildman–Crippen LogP) is 7.24. The molecular formula is C31H38FN3O3. The minimum atomic E-state index is -0.843. The average molecular weight is 520 g/mol. The highest BCUT2D eigenvalue weighted by Gasteiger charge is 2.13.